The lowest BCUT2D eigenvalue weighted by Crippen LogP contribution is -2.66. The van der Waals surface area contributed by atoms with E-state index in [9.17, 15) is 4.79 Å². The van der Waals surface area contributed by atoms with Crippen LogP contribution < -0.4 is 10.6 Å². The number of nitrogens with one attached hydrogen (secondary N) is 2. The molecular weight excluding hydrogens is 527 g/mol. The maximum absolute atomic E-state index is 12.5. The van der Waals surface area contributed by atoms with Crippen LogP contribution in [-0.2, 0) is 16.0 Å². The van der Waals surface area contributed by atoms with Crippen molar-refractivity contribution in [2.75, 3.05) is 33.3 Å². The summed E-state index contributed by atoms with van der Waals surface area (Å²) in [5.74, 6) is 1.47. The first kappa shape index (κ1) is 26.3. The molecule has 1 aliphatic heterocycles. The lowest BCUT2D eigenvalue weighted by atomic mass is 9.55. The van der Waals surface area contributed by atoms with Crippen LogP contribution in [0, 0.1) is 11.3 Å². The summed E-state index contributed by atoms with van der Waals surface area (Å²) in [7, 11) is 1.84. The van der Waals surface area contributed by atoms with E-state index in [1.54, 1.807) is 0 Å². The fourth-order valence-corrected chi connectivity index (χ4v) is 5.98. The summed E-state index contributed by atoms with van der Waals surface area (Å²) in [6.45, 7) is 5.30. The third-order valence-electron chi connectivity index (χ3n) is 7.84. The van der Waals surface area contributed by atoms with Gasteiger partial charge >= 0.3 is 0 Å². The second-order valence-electron chi connectivity index (χ2n) is 9.77. The Kier molecular flexibility index (Phi) is 9.85. The molecule has 33 heavy (non-hydrogen) atoms. The SMILES string of the molecule is CCOC1CC(NC(=NC)NCC2CC(=O)N(CCc3ccccc3)C2)C12CCCCC2.I. The quantitative estimate of drug-likeness (QED) is 0.283. The van der Waals surface area contributed by atoms with Crippen LogP contribution in [0.15, 0.2) is 35.3 Å². The minimum Gasteiger partial charge on any atom is -0.378 e. The van der Waals surface area contributed by atoms with Crippen molar-refractivity contribution in [3.05, 3.63) is 35.9 Å². The van der Waals surface area contributed by atoms with Crippen LogP contribution in [0.1, 0.15) is 57.4 Å². The molecule has 2 saturated carbocycles. The average Bonchev–Trinajstić information content (AvgIpc) is 3.19. The number of halogens is 1. The Labute approximate surface area is 216 Å². The summed E-state index contributed by atoms with van der Waals surface area (Å²) in [6, 6.07) is 10.8. The molecule has 1 amide bonds. The van der Waals surface area contributed by atoms with E-state index in [2.05, 4.69) is 46.8 Å². The Bertz CT molecular complexity index is 782. The van der Waals surface area contributed by atoms with Crippen molar-refractivity contribution in [2.24, 2.45) is 16.3 Å². The van der Waals surface area contributed by atoms with Crippen molar-refractivity contribution < 1.29 is 9.53 Å². The summed E-state index contributed by atoms with van der Waals surface area (Å²) < 4.78 is 6.09. The first-order chi connectivity index (χ1) is 15.6. The summed E-state index contributed by atoms with van der Waals surface area (Å²) in [5, 5.41) is 7.22. The number of likely N-dealkylation sites (tertiary alicyclic amines) is 1. The minimum absolute atomic E-state index is 0. The largest absolute Gasteiger partial charge is 0.378 e. The highest BCUT2D eigenvalue weighted by atomic mass is 127. The molecule has 0 radical (unpaired) electrons. The third-order valence-corrected chi connectivity index (χ3v) is 7.84. The van der Waals surface area contributed by atoms with Gasteiger partial charge in [-0.1, -0.05) is 49.6 Å². The van der Waals surface area contributed by atoms with Crippen molar-refractivity contribution >= 4 is 35.8 Å². The Balaban J connectivity index is 0.00000306. The van der Waals surface area contributed by atoms with E-state index in [-0.39, 0.29) is 35.3 Å². The maximum Gasteiger partial charge on any atom is 0.223 e. The van der Waals surface area contributed by atoms with Gasteiger partial charge in [0, 0.05) is 57.1 Å². The van der Waals surface area contributed by atoms with Gasteiger partial charge in [-0.3, -0.25) is 9.79 Å². The van der Waals surface area contributed by atoms with Gasteiger partial charge in [-0.2, -0.15) is 0 Å². The van der Waals surface area contributed by atoms with Gasteiger partial charge in [-0.15, -0.1) is 24.0 Å². The van der Waals surface area contributed by atoms with Crippen molar-refractivity contribution in [2.45, 2.75) is 70.4 Å². The third kappa shape index (κ3) is 6.21. The number of guanidine groups is 1. The first-order valence-corrected chi connectivity index (χ1v) is 12.5. The second kappa shape index (κ2) is 12.4. The van der Waals surface area contributed by atoms with Crippen LogP contribution >= 0.6 is 24.0 Å². The summed E-state index contributed by atoms with van der Waals surface area (Å²) in [6.07, 6.45) is 9.43. The smallest absolute Gasteiger partial charge is 0.223 e. The molecule has 2 N–H and O–H groups in total. The van der Waals surface area contributed by atoms with Gasteiger partial charge in [0.1, 0.15) is 0 Å². The highest BCUT2D eigenvalue weighted by Gasteiger charge is 2.55. The molecule has 1 aromatic rings. The molecule has 6 nitrogen and oxygen atoms in total. The average molecular weight is 569 g/mol. The van der Waals surface area contributed by atoms with Crippen LogP contribution in [-0.4, -0.2) is 62.2 Å². The summed E-state index contributed by atoms with van der Waals surface area (Å²) in [5.41, 5.74) is 1.55. The molecule has 1 heterocycles. The van der Waals surface area contributed by atoms with Gasteiger partial charge in [0.2, 0.25) is 5.91 Å². The molecule has 1 saturated heterocycles. The Morgan fingerprint density at radius 3 is 2.67 bits per heavy atom. The van der Waals surface area contributed by atoms with Crippen LogP contribution in [0.4, 0.5) is 0 Å². The standard InChI is InChI=1S/C26H40N4O2.HI/c1-3-32-23-17-22(26(23)13-8-5-9-14-26)29-25(27-2)28-18-21-16-24(31)30(19-21)15-12-20-10-6-4-7-11-20;/h4,6-7,10-11,21-23H,3,5,8-9,12-19H2,1-2H3,(H2,27,28,29);1H. The van der Waals surface area contributed by atoms with E-state index in [0.717, 1.165) is 45.0 Å². The van der Waals surface area contributed by atoms with Crippen molar-refractivity contribution in [3.63, 3.8) is 0 Å². The van der Waals surface area contributed by atoms with E-state index >= 15 is 0 Å². The molecular formula is C26H41IN4O2. The summed E-state index contributed by atoms with van der Waals surface area (Å²) >= 11 is 0. The van der Waals surface area contributed by atoms with Gasteiger partial charge < -0.3 is 20.3 Å². The predicted octanol–water partition coefficient (Wildman–Crippen LogP) is 3.99. The number of carbonyl (C=O) groups is 1. The number of amides is 1. The van der Waals surface area contributed by atoms with E-state index < -0.39 is 0 Å². The van der Waals surface area contributed by atoms with Crippen LogP contribution in [0.3, 0.4) is 0 Å². The van der Waals surface area contributed by atoms with E-state index in [0.29, 0.717) is 24.5 Å². The molecule has 3 fully saturated rings. The number of benzene rings is 1. The van der Waals surface area contributed by atoms with E-state index in [4.69, 9.17) is 4.74 Å². The number of hydrogen-bond donors (Lipinski definition) is 2. The summed E-state index contributed by atoms with van der Waals surface area (Å²) in [4.78, 5) is 19.0. The van der Waals surface area contributed by atoms with Gasteiger partial charge in [-0.05, 0) is 38.2 Å². The number of carbonyl (C=O) groups excluding carboxylic acids is 1. The van der Waals surface area contributed by atoms with Gasteiger partial charge in [-0.25, -0.2) is 0 Å². The Hall–Kier alpha value is -1.35. The van der Waals surface area contributed by atoms with Crippen molar-refractivity contribution in [1.29, 1.82) is 0 Å². The van der Waals surface area contributed by atoms with E-state index in [1.807, 2.05) is 18.0 Å². The Morgan fingerprint density at radius 2 is 1.97 bits per heavy atom. The van der Waals surface area contributed by atoms with Gasteiger partial charge in [0.25, 0.3) is 0 Å². The molecule has 184 valence electrons. The number of hydrogen-bond acceptors (Lipinski definition) is 3. The molecule has 3 unspecified atom stereocenters. The molecule has 0 aromatic heterocycles. The van der Waals surface area contributed by atoms with Crippen molar-refractivity contribution in [3.8, 4) is 0 Å². The lowest BCUT2D eigenvalue weighted by Gasteiger charge is -2.58. The van der Waals surface area contributed by atoms with E-state index in [1.165, 1.54) is 37.7 Å². The Morgan fingerprint density at radius 1 is 1.21 bits per heavy atom. The topological polar surface area (TPSA) is 66.0 Å². The van der Waals surface area contributed by atoms with Crippen molar-refractivity contribution in [1.82, 2.24) is 15.5 Å². The fraction of sp³-hybridized carbons (Fsp3) is 0.692. The molecule has 7 heteroatoms. The second-order valence-corrected chi connectivity index (χ2v) is 9.77. The molecule has 3 aliphatic rings. The zero-order chi connectivity index (χ0) is 22.4. The molecule has 3 atom stereocenters. The lowest BCUT2D eigenvalue weighted by molar-refractivity contribution is -0.145. The fourth-order valence-electron chi connectivity index (χ4n) is 5.98. The first-order valence-electron chi connectivity index (χ1n) is 12.5. The normalized spacial score (nSPS) is 26.6. The van der Waals surface area contributed by atoms with Gasteiger partial charge in [0.05, 0.1) is 6.10 Å². The molecule has 2 aliphatic carbocycles. The number of ether oxygens (including phenoxy) is 1. The highest BCUT2D eigenvalue weighted by molar-refractivity contribution is 14.0. The molecule has 0 bridgehead atoms. The number of aliphatic imine (C=N–C) groups is 1. The minimum atomic E-state index is 0. The number of rotatable bonds is 8. The predicted molar refractivity (Wildman–Crippen MR) is 144 cm³/mol. The van der Waals surface area contributed by atoms with Crippen LogP contribution in [0.2, 0.25) is 0 Å². The molecule has 1 spiro atoms. The number of nitrogens with zero attached hydrogens (tertiary/aromatic N) is 2. The molecule has 4 rings (SSSR count). The van der Waals surface area contributed by atoms with Crippen LogP contribution in [0.5, 0.6) is 0 Å². The zero-order valence-corrected chi connectivity index (χ0v) is 22.6. The monoisotopic (exact) mass is 568 g/mol. The highest BCUT2D eigenvalue weighted by Crippen LogP contribution is 2.53. The van der Waals surface area contributed by atoms with Crippen LogP contribution in [0.25, 0.3) is 0 Å². The zero-order valence-electron chi connectivity index (χ0n) is 20.2. The molecule has 1 aromatic carbocycles. The maximum atomic E-state index is 12.5. The van der Waals surface area contributed by atoms with Gasteiger partial charge in [0.15, 0.2) is 5.96 Å².